The van der Waals surface area contributed by atoms with Gasteiger partial charge >= 0.3 is 0 Å². The van der Waals surface area contributed by atoms with Crippen LogP contribution in [0.4, 0.5) is 0 Å². The smallest absolute Gasteiger partial charge is 0 e. The van der Waals surface area contributed by atoms with Crippen molar-refractivity contribution in [2.45, 2.75) is 0 Å². The zero-order valence-electron chi connectivity index (χ0n) is 1.56. The third-order valence-electron chi connectivity index (χ3n) is 0. The quantitative estimate of drug-likeness (QED) is 0.632. The minimum Gasteiger partial charge on any atom is -0.147 e. The second-order valence-corrected chi connectivity index (χ2v) is 0. The van der Waals surface area contributed by atoms with E-state index in [2.05, 4.69) is 0 Å². The zero-order valence-corrected chi connectivity index (χ0v) is 6.40. The Morgan fingerprint density at radius 2 is 0.500 bits per heavy atom. The maximum atomic E-state index is 0. The number of hydrogen-bond donors (Lipinski definition) is 0. The molecule has 0 bridgehead atoms. The predicted octanol–water partition coefficient (Wildman–Crippen LogP) is 1.26. The van der Waals surface area contributed by atoms with Crippen molar-refractivity contribution in [2.24, 2.45) is 0 Å². The molecular weight excluding hydrogens is 299 g/mol. The molecule has 0 aromatic carbocycles. The monoisotopic (exact) mass is 301 g/mol. The van der Waals surface area contributed by atoms with Crippen LogP contribution in [0.1, 0.15) is 0 Å². The topological polar surface area (TPSA) is 0 Å². The summed E-state index contributed by atoms with van der Waals surface area (Å²) in [4.78, 5) is 0. The predicted molar refractivity (Wildman–Crippen MR) is 21.7 cm³/mol. The second-order valence-electron chi connectivity index (χ2n) is 0. The summed E-state index contributed by atoms with van der Waals surface area (Å²) in [5, 5.41) is 0. The molecule has 0 nitrogen and oxygen atoms in total. The maximum absolute atomic E-state index is 0. The number of hydrogen-bond acceptors (Lipinski definition) is 0. The molecule has 0 saturated carbocycles. The molecule has 4 heteroatoms. The van der Waals surface area contributed by atoms with E-state index >= 15 is 0 Å². The van der Waals surface area contributed by atoms with Crippen molar-refractivity contribution in [3.63, 3.8) is 0 Å². The van der Waals surface area contributed by atoms with Crippen LogP contribution in [0.15, 0.2) is 0 Å². The third-order valence-corrected chi connectivity index (χ3v) is 0. The molecule has 0 aliphatic rings. The Bertz CT molecular complexity index is 3.25. The van der Waals surface area contributed by atoms with Gasteiger partial charge in [-0.05, 0) is 0 Å². The molecule has 0 heterocycles. The summed E-state index contributed by atoms with van der Waals surface area (Å²) in [5.74, 6) is 0. The fraction of sp³-hybridized carbons (Fsp3) is 0. The number of halogens is 3. The van der Waals surface area contributed by atoms with Crippen LogP contribution in [0.3, 0.4) is 0 Å². The van der Waals surface area contributed by atoms with Crippen molar-refractivity contribution in [1.29, 1.82) is 0 Å². The van der Waals surface area contributed by atoms with Crippen LogP contribution in [0.2, 0.25) is 0 Å². The molecule has 0 atom stereocenters. The van der Waals surface area contributed by atoms with Gasteiger partial charge in [0.25, 0.3) is 0 Å². The molecule has 0 unspecified atom stereocenters. The molecule has 0 amide bonds. The van der Waals surface area contributed by atoms with Gasteiger partial charge in [-0.25, -0.2) is 0 Å². The summed E-state index contributed by atoms with van der Waals surface area (Å²) in [6, 6.07) is 0. The van der Waals surface area contributed by atoms with Crippen LogP contribution in [-0.4, -0.2) is 0 Å². The molecule has 0 aliphatic heterocycles. The largest absolute Gasteiger partial charge is 0.147 e. The normalized spacial score (nSPS) is 0. The van der Waals surface area contributed by atoms with Crippen molar-refractivity contribution in [1.82, 2.24) is 0 Å². The minimum atomic E-state index is 0. The van der Waals surface area contributed by atoms with Gasteiger partial charge in [-0.3, -0.25) is 0 Å². The summed E-state index contributed by atoms with van der Waals surface area (Å²) < 4.78 is 0. The van der Waals surface area contributed by atoms with E-state index in [9.17, 15) is 0 Å². The van der Waals surface area contributed by atoms with Gasteiger partial charge in [0.2, 0.25) is 0 Å². The number of rotatable bonds is 0. The molecule has 0 aromatic rings. The van der Waals surface area contributed by atoms with Gasteiger partial charge in [-0.2, -0.15) is 0 Å². The molecule has 0 rings (SSSR count). The van der Waals surface area contributed by atoms with E-state index in [4.69, 9.17) is 0 Å². The fourth-order valence-electron chi connectivity index (χ4n) is 0. The van der Waals surface area contributed by atoms with Crippen molar-refractivity contribution < 1.29 is 20.1 Å². The molecule has 0 aliphatic carbocycles. The first-order valence-electron chi connectivity index (χ1n) is 0. The van der Waals surface area contributed by atoms with Gasteiger partial charge < -0.3 is 0 Å². The molecule has 0 fully saturated rings. The standard InChI is InChI=1S/3ClH.Ir/h3*1H;. The van der Waals surface area contributed by atoms with Crippen molar-refractivity contribution in [3.05, 3.63) is 0 Å². The van der Waals surface area contributed by atoms with Crippen LogP contribution < -0.4 is 0 Å². The zero-order chi connectivity index (χ0) is 0. The fourth-order valence-corrected chi connectivity index (χ4v) is 0. The van der Waals surface area contributed by atoms with Crippen LogP contribution in [0, 0.1) is 0 Å². The minimum absolute atomic E-state index is 0. The molecule has 4 heavy (non-hydrogen) atoms. The van der Waals surface area contributed by atoms with Crippen molar-refractivity contribution >= 4 is 37.2 Å². The second kappa shape index (κ2) is 24.2. The van der Waals surface area contributed by atoms with Crippen LogP contribution in [0.5, 0.6) is 0 Å². The van der Waals surface area contributed by atoms with Crippen molar-refractivity contribution in [3.8, 4) is 0 Å². The average Bonchev–Trinajstić information content (AvgIpc) is 0. The summed E-state index contributed by atoms with van der Waals surface area (Å²) in [5.41, 5.74) is 0. The summed E-state index contributed by atoms with van der Waals surface area (Å²) in [6.45, 7) is 0. The Balaban J connectivity index is 0. The molecular formula is H3Cl3Ir. The van der Waals surface area contributed by atoms with Gasteiger partial charge in [-0.15, -0.1) is 37.2 Å². The van der Waals surface area contributed by atoms with E-state index in [1.54, 1.807) is 0 Å². The molecule has 1 radical (unpaired) electrons. The average molecular weight is 302 g/mol. The van der Waals surface area contributed by atoms with E-state index in [0.29, 0.717) is 0 Å². The van der Waals surface area contributed by atoms with E-state index in [1.807, 2.05) is 0 Å². The van der Waals surface area contributed by atoms with Gasteiger partial charge in [0, 0.05) is 20.1 Å². The van der Waals surface area contributed by atoms with Gasteiger partial charge in [0.15, 0.2) is 0 Å². The van der Waals surface area contributed by atoms with Crippen LogP contribution in [-0.2, 0) is 20.1 Å². The van der Waals surface area contributed by atoms with Gasteiger partial charge in [-0.1, -0.05) is 0 Å². The van der Waals surface area contributed by atoms with E-state index in [0.717, 1.165) is 0 Å². The van der Waals surface area contributed by atoms with Crippen molar-refractivity contribution in [2.75, 3.05) is 0 Å². The first-order valence-corrected chi connectivity index (χ1v) is 0. The Kier molecular flexibility index (Phi) is 296. The molecule has 0 aromatic heterocycles. The van der Waals surface area contributed by atoms with Gasteiger partial charge in [0.05, 0.1) is 0 Å². The maximum Gasteiger partial charge on any atom is 0 e. The van der Waals surface area contributed by atoms with Gasteiger partial charge in [0.1, 0.15) is 0 Å². The molecule has 0 saturated heterocycles. The Morgan fingerprint density at radius 1 is 0.500 bits per heavy atom. The summed E-state index contributed by atoms with van der Waals surface area (Å²) >= 11 is 0. The molecule has 0 spiro atoms. The summed E-state index contributed by atoms with van der Waals surface area (Å²) in [6.07, 6.45) is 0. The van der Waals surface area contributed by atoms with E-state index < -0.39 is 0 Å². The third kappa shape index (κ3) is 9.68. The SMILES string of the molecule is Cl.Cl.Cl.[Ir]. The molecule has 33 valence electrons. The first kappa shape index (κ1) is 48.8. The van der Waals surface area contributed by atoms with Crippen LogP contribution >= 0.6 is 37.2 Å². The van der Waals surface area contributed by atoms with E-state index in [1.165, 1.54) is 0 Å². The Hall–Kier alpha value is 1.52. The molecule has 0 N–H and O–H groups in total. The first-order chi connectivity index (χ1) is 0. The Morgan fingerprint density at radius 3 is 0.500 bits per heavy atom. The van der Waals surface area contributed by atoms with E-state index in [-0.39, 0.29) is 57.3 Å². The summed E-state index contributed by atoms with van der Waals surface area (Å²) in [7, 11) is 0. The van der Waals surface area contributed by atoms with Crippen LogP contribution in [0.25, 0.3) is 0 Å². The Labute approximate surface area is 57.3 Å².